The van der Waals surface area contributed by atoms with Crippen LogP contribution in [-0.2, 0) is 11.2 Å². The molecule has 0 radical (unpaired) electrons. The van der Waals surface area contributed by atoms with E-state index in [-0.39, 0.29) is 0 Å². The summed E-state index contributed by atoms with van der Waals surface area (Å²) in [6.45, 7) is 2.38. The van der Waals surface area contributed by atoms with Crippen molar-refractivity contribution in [3.63, 3.8) is 0 Å². The van der Waals surface area contributed by atoms with Crippen LogP contribution >= 0.6 is 0 Å². The van der Waals surface area contributed by atoms with E-state index in [1.165, 1.54) is 0 Å². The largest absolute Gasteiger partial charge is 0.373 e. The number of rotatable bonds is 3. The summed E-state index contributed by atoms with van der Waals surface area (Å²) in [5.74, 6) is -1.55. The summed E-state index contributed by atoms with van der Waals surface area (Å²) in [5.41, 5.74) is 2.47. The highest BCUT2D eigenvalue weighted by atomic mass is 19.2. The first-order valence-electron chi connectivity index (χ1n) is 6.30. The highest BCUT2D eigenvalue weighted by molar-refractivity contribution is 5.65. The van der Waals surface area contributed by atoms with E-state index in [2.05, 4.69) is 0 Å². The Kier molecular flexibility index (Phi) is 3.07. The van der Waals surface area contributed by atoms with Crippen LogP contribution in [-0.4, -0.2) is 12.7 Å². The normalized spacial score (nSPS) is 17.5. The summed E-state index contributed by atoms with van der Waals surface area (Å²) in [7, 11) is 0. The van der Waals surface area contributed by atoms with Crippen molar-refractivity contribution in [2.75, 3.05) is 6.61 Å². The van der Waals surface area contributed by atoms with E-state index in [4.69, 9.17) is 4.74 Å². The van der Waals surface area contributed by atoms with Crippen LogP contribution in [0.5, 0.6) is 0 Å². The predicted molar refractivity (Wildman–Crippen MR) is 70.0 cm³/mol. The fraction of sp³-hybridized carbons (Fsp3) is 0.250. The molecule has 2 aromatic rings. The average Bonchev–Trinajstić information content (AvgIpc) is 3.22. The Bertz CT molecular complexity index is 601. The predicted octanol–water partition coefficient (Wildman–Crippen LogP) is 3.88. The number of halogens is 2. The summed E-state index contributed by atoms with van der Waals surface area (Å²) in [6.07, 6.45) is 1.21. The lowest BCUT2D eigenvalue weighted by Crippen LogP contribution is -1.95. The third-order valence-corrected chi connectivity index (χ3v) is 3.41. The van der Waals surface area contributed by atoms with Crippen molar-refractivity contribution in [3.8, 4) is 11.1 Å². The smallest absolute Gasteiger partial charge is 0.166 e. The number of ether oxygens (including phenoxy) is 1. The molecule has 1 heterocycles. The summed E-state index contributed by atoms with van der Waals surface area (Å²) in [4.78, 5) is 0. The van der Waals surface area contributed by atoms with Crippen LogP contribution < -0.4 is 0 Å². The molecule has 0 saturated carbocycles. The molecule has 0 amide bonds. The van der Waals surface area contributed by atoms with Gasteiger partial charge < -0.3 is 4.74 Å². The zero-order chi connectivity index (χ0) is 13.4. The van der Waals surface area contributed by atoms with Gasteiger partial charge in [0.1, 0.15) is 0 Å². The lowest BCUT2D eigenvalue weighted by molar-refractivity contribution is 0.407. The molecule has 0 aromatic heterocycles. The maximum atomic E-state index is 13.9. The molecule has 1 unspecified atom stereocenters. The average molecular weight is 260 g/mol. The molecule has 0 bridgehead atoms. The zero-order valence-electron chi connectivity index (χ0n) is 10.6. The minimum absolute atomic E-state index is 0.303. The Hall–Kier alpha value is -1.74. The van der Waals surface area contributed by atoms with E-state index in [0.717, 1.165) is 18.6 Å². The molecular formula is C16H14F2O. The van der Waals surface area contributed by atoms with Crippen molar-refractivity contribution >= 4 is 0 Å². The molecule has 1 atom stereocenters. The van der Waals surface area contributed by atoms with E-state index < -0.39 is 11.6 Å². The molecule has 0 N–H and O–H groups in total. The first-order chi connectivity index (χ1) is 9.15. The van der Waals surface area contributed by atoms with Crippen LogP contribution in [0, 0.1) is 18.6 Å². The van der Waals surface area contributed by atoms with Crippen molar-refractivity contribution in [1.29, 1.82) is 0 Å². The van der Waals surface area contributed by atoms with Crippen LogP contribution in [0.1, 0.15) is 11.1 Å². The topological polar surface area (TPSA) is 12.5 Å². The van der Waals surface area contributed by atoms with Gasteiger partial charge in [-0.15, -0.1) is 0 Å². The first-order valence-corrected chi connectivity index (χ1v) is 6.30. The van der Waals surface area contributed by atoms with E-state index in [9.17, 15) is 8.78 Å². The fourth-order valence-corrected chi connectivity index (χ4v) is 2.14. The molecule has 0 aliphatic carbocycles. The van der Waals surface area contributed by atoms with Crippen LogP contribution in [0.4, 0.5) is 8.78 Å². The van der Waals surface area contributed by atoms with Gasteiger partial charge in [0.25, 0.3) is 0 Å². The summed E-state index contributed by atoms with van der Waals surface area (Å²) in [6, 6.07) is 10.7. The third-order valence-electron chi connectivity index (χ3n) is 3.41. The van der Waals surface area contributed by atoms with Gasteiger partial charge in [-0.1, -0.05) is 36.4 Å². The molecule has 2 aromatic carbocycles. The van der Waals surface area contributed by atoms with Crippen molar-refractivity contribution < 1.29 is 13.5 Å². The van der Waals surface area contributed by atoms with Gasteiger partial charge in [-0.25, -0.2) is 8.78 Å². The molecule has 1 saturated heterocycles. The number of hydrogen-bond acceptors (Lipinski definition) is 1. The molecule has 1 aliphatic heterocycles. The van der Waals surface area contributed by atoms with Gasteiger partial charge in [0, 0.05) is 12.0 Å². The third kappa shape index (κ3) is 2.51. The summed E-state index contributed by atoms with van der Waals surface area (Å²) < 4.78 is 32.6. The fourth-order valence-electron chi connectivity index (χ4n) is 2.14. The molecule has 1 fully saturated rings. The first kappa shape index (κ1) is 12.3. The van der Waals surface area contributed by atoms with Gasteiger partial charge in [0.05, 0.1) is 12.7 Å². The van der Waals surface area contributed by atoms with Gasteiger partial charge in [0.15, 0.2) is 11.6 Å². The number of hydrogen-bond donors (Lipinski definition) is 0. The van der Waals surface area contributed by atoms with Gasteiger partial charge in [-0.05, 0) is 23.6 Å². The molecule has 98 valence electrons. The van der Waals surface area contributed by atoms with Crippen molar-refractivity contribution in [2.24, 2.45) is 0 Å². The van der Waals surface area contributed by atoms with E-state index in [1.54, 1.807) is 19.1 Å². The number of aryl methyl sites for hydroxylation is 1. The lowest BCUT2D eigenvalue weighted by Gasteiger charge is -2.07. The van der Waals surface area contributed by atoms with Crippen molar-refractivity contribution in [1.82, 2.24) is 0 Å². The van der Waals surface area contributed by atoms with Crippen molar-refractivity contribution in [3.05, 3.63) is 59.2 Å². The molecule has 1 nitrogen and oxygen atoms in total. The molecule has 3 rings (SSSR count). The van der Waals surface area contributed by atoms with Crippen LogP contribution in [0.2, 0.25) is 0 Å². The Morgan fingerprint density at radius 2 is 1.74 bits per heavy atom. The maximum absolute atomic E-state index is 13.9. The molecular weight excluding hydrogens is 246 g/mol. The van der Waals surface area contributed by atoms with Gasteiger partial charge in [-0.2, -0.15) is 0 Å². The zero-order valence-corrected chi connectivity index (χ0v) is 10.6. The maximum Gasteiger partial charge on any atom is 0.166 e. The minimum atomic E-state index is -0.779. The monoisotopic (exact) mass is 260 g/mol. The highest BCUT2D eigenvalue weighted by Crippen LogP contribution is 2.27. The summed E-state index contributed by atoms with van der Waals surface area (Å²) in [5, 5.41) is 0. The Morgan fingerprint density at radius 1 is 1.05 bits per heavy atom. The van der Waals surface area contributed by atoms with E-state index in [1.807, 2.05) is 24.3 Å². The number of epoxide rings is 1. The van der Waals surface area contributed by atoms with Crippen LogP contribution in [0.3, 0.4) is 0 Å². The lowest BCUT2D eigenvalue weighted by atomic mass is 10.0. The summed E-state index contributed by atoms with van der Waals surface area (Å²) >= 11 is 0. The van der Waals surface area contributed by atoms with Crippen LogP contribution in [0.25, 0.3) is 11.1 Å². The van der Waals surface area contributed by atoms with E-state index in [0.29, 0.717) is 22.8 Å². The van der Waals surface area contributed by atoms with Gasteiger partial charge in [0.2, 0.25) is 0 Å². The molecule has 1 aliphatic rings. The standard InChI is InChI=1S/C16H14F2O/c1-10-2-7-14(16(18)15(10)17)12-5-3-11(4-6-12)8-13-9-19-13/h2-7,13H,8-9H2,1H3. The molecule has 19 heavy (non-hydrogen) atoms. The van der Waals surface area contributed by atoms with Gasteiger partial charge in [-0.3, -0.25) is 0 Å². The second-order valence-electron chi connectivity index (χ2n) is 4.91. The Balaban J connectivity index is 1.91. The highest BCUT2D eigenvalue weighted by Gasteiger charge is 2.22. The molecule has 3 heteroatoms. The van der Waals surface area contributed by atoms with E-state index >= 15 is 0 Å². The Labute approximate surface area is 110 Å². The van der Waals surface area contributed by atoms with Gasteiger partial charge >= 0.3 is 0 Å². The molecule has 0 spiro atoms. The second-order valence-corrected chi connectivity index (χ2v) is 4.91. The minimum Gasteiger partial charge on any atom is -0.373 e. The van der Waals surface area contributed by atoms with Crippen molar-refractivity contribution in [2.45, 2.75) is 19.4 Å². The van der Waals surface area contributed by atoms with Crippen LogP contribution in [0.15, 0.2) is 36.4 Å². The SMILES string of the molecule is Cc1ccc(-c2ccc(CC3CO3)cc2)c(F)c1F. The second kappa shape index (κ2) is 4.74. The number of benzene rings is 2. The Morgan fingerprint density at radius 3 is 2.37 bits per heavy atom. The quantitative estimate of drug-likeness (QED) is 0.763.